The van der Waals surface area contributed by atoms with Crippen LogP contribution in [0.25, 0.3) is 0 Å². The average molecular weight is 354 g/mol. The zero-order valence-electron chi connectivity index (χ0n) is 10.8. The summed E-state index contributed by atoms with van der Waals surface area (Å²) in [4.78, 5) is 0. The van der Waals surface area contributed by atoms with E-state index in [0.717, 1.165) is 12.0 Å². The fraction of sp³-hybridized carbons (Fsp3) is 0.571. The first kappa shape index (κ1) is 15.8. The van der Waals surface area contributed by atoms with Crippen LogP contribution in [0.4, 0.5) is 17.6 Å². The van der Waals surface area contributed by atoms with Crippen molar-refractivity contribution in [1.29, 1.82) is 0 Å². The van der Waals surface area contributed by atoms with Crippen LogP contribution in [0.15, 0.2) is 22.7 Å². The molecule has 1 fully saturated rings. The van der Waals surface area contributed by atoms with Gasteiger partial charge < -0.3 is 5.32 Å². The van der Waals surface area contributed by atoms with Crippen molar-refractivity contribution in [2.75, 3.05) is 0 Å². The van der Waals surface area contributed by atoms with E-state index < -0.39 is 12.1 Å². The number of benzene rings is 1. The molecule has 1 N–H and O–H groups in total. The molecule has 0 spiro atoms. The van der Waals surface area contributed by atoms with Gasteiger partial charge in [0.2, 0.25) is 0 Å². The van der Waals surface area contributed by atoms with Gasteiger partial charge in [0.05, 0.1) is 10.4 Å². The highest BCUT2D eigenvalue weighted by Gasteiger charge is 2.41. The third kappa shape index (κ3) is 4.19. The van der Waals surface area contributed by atoms with Crippen LogP contribution in [-0.2, 0) is 6.54 Å². The maximum absolute atomic E-state index is 13.1. The maximum atomic E-state index is 13.1. The minimum atomic E-state index is -4.10. The van der Waals surface area contributed by atoms with E-state index in [4.69, 9.17) is 0 Å². The van der Waals surface area contributed by atoms with E-state index in [2.05, 4.69) is 21.2 Å². The number of alkyl halides is 3. The Bertz CT molecular complexity index is 461. The maximum Gasteiger partial charge on any atom is 0.391 e. The van der Waals surface area contributed by atoms with Gasteiger partial charge in [-0.05, 0) is 52.9 Å². The zero-order valence-corrected chi connectivity index (χ0v) is 12.4. The lowest BCUT2D eigenvalue weighted by Crippen LogP contribution is -2.38. The van der Waals surface area contributed by atoms with Gasteiger partial charge in [-0.15, -0.1) is 0 Å². The zero-order chi connectivity index (χ0) is 14.8. The van der Waals surface area contributed by atoms with Gasteiger partial charge in [0.1, 0.15) is 5.82 Å². The predicted octanol–water partition coefficient (Wildman–Crippen LogP) is 4.80. The van der Waals surface area contributed by atoms with Crippen molar-refractivity contribution in [3.8, 4) is 0 Å². The Morgan fingerprint density at radius 3 is 2.65 bits per heavy atom. The summed E-state index contributed by atoms with van der Waals surface area (Å²) >= 11 is 3.10. The minimum Gasteiger partial charge on any atom is -0.310 e. The molecule has 0 aliphatic heterocycles. The molecule has 1 aromatic carbocycles. The quantitative estimate of drug-likeness (QED) is 0.769. The van der Waals surface area contributed by atoms with E-state index in [1.54, 1.807) is 12.1 Å². The van der Waals surface area contributed by atoms with Crippen LogP contribution in [0.3, 0.4) is 0 Å². The number of hydrogen-bond acceptors (Lipinski definition) is 1. The molecule has 112 valence electrons. The van der Waals surface area contributed by atoms with Gasteiger partial charge in [0.25, 0.3) is 0 Å². The van der Waals surface area contributed by atoms with Crippen molar-refractivity contribution in [3.63, 3.8) is 0 Å². The first-order valence-electron chi connectivity index (χ1n) is 6.60. The molecule has 0 radical (unpaired) electrons. The predicted molar refractivity (Wildman–Crippen MR) is 72.7 cm³/mol. The van der Waals surface area contributed by atoms with Gasteiger partial charge in [0.15, 0.2) is 0 Å². The Balaban J connectivity index is 1.88. The molecule has 0 heterocycles. The van der Waals surface area contributed by atoms with Crippen molar-refractivity contribution in [1.82, 2.24) is 5.32 Å². The Labute approximate surface area is 123 Å². The molecule has 1 aliphatic rings. The number of nitrogens with one attached hydrogen (secondary N) is 1. The van der Waals surface area contributed by atoms with E-state index >= 15 is 0 Å². The minimum absolute atomic E-state index is 0.126. The van der Waals surface area contributed by atoms with Crippen molar-refractivity contribution in [3.05, 3.63) is 34.1 Å². The van der Waals surface area contributed by atoms with Crippen LogP contribution in [-0.4, -0.2) is 12.2 Å². The van der Waals surface area contributed by atoms with Gasteiger partial charge in [0, 0.05) is 12.6 Å². The largest absolute Gasteiger partial charge is 0.391 e. The van der Waals surface area contributed by atoms with Crippen LogP contribution in [0, 0.1) is 11.7 Å². The molecule has 1 saturated carbocycles. The smallest absolute Gasteiger partial charge is 0.310 e. The summed E-state index contributed by atoms with van der Waals surface area (Å²) < 4.78 is 51.6. The van der Waals surface area contributed by atoms with E-state index in [9.17, 15) is 17.6 Å². The van der Waals surface area contributed by atoms with Crippen molar-refractivity contribution >= 4 is 15.9 Å². The van der Waals surface area contributed by atoms with Crippen molar-refractivity contribution in [2.24, 2.45) is 5.92 Å². The van der Waals surface area contributed by atoms with Crippen LogP contribution in [0.1, 0.15) is 31.2 Å². The molecule has 0 bridgehead atoms. The first-order valence-corrected chi connectivity index (χ1v) is 7.39. The molecular formula is C14H16BrF4N. The number of rotatable bonds is 3. The second-order valence-corrected chi connectivity index (χ2v) is 6.09. The fourth-order valence-electron chi connectivity index (χ4n) is 2.58. The lowest BCUT2D eigenvalue weighted by molar-refractivity contribution is -0.183. The SMILES string of the molecule is Fc1ccc(CNC2CCCC(C(F)(F)F)C2)cc1Br. The third-order valence-electron chi connectivity index (χ3n) is 3.72. The summed E-state index contributed by atoms with van der Waals surface area (Å²) in [6, 6.07) is 4.50. The molecular weight excluding hydrogens is 338 g/mol. The Kier molecular flexibility index (Phi) is 5.07. The van der Waals surface area contributed by atoms with E-state index in [-0.39, 0.29) is 24.7 Å². The van der Waals surface area contributed by atoms with Gasteiger partial charge in [-0.2, -0.15) is 13.2 Å². The Morgan fingerprint density at radius 1 is 1.25 bits per heavy atom. The molecule has 1 aliphatic carbocycles. The molecule has 2 unspecified atom stereocenters. The van der Waals surface area contributed by atoms with E-state index in [1.807, 2.05) is 0 Å². The highest BCUT2D eigenvalue weighted by atomic mass is 79.9. The molecule has 2 rings (SSSR count). The molecule has 20 heavy (non-hydrogen) atoms. The molecule has 6 heteroatoms. The fourth-order valence-corrected chi connectivity index (χ4v) is 3.01. The lowest BCUT2D eigenvalue weighted by atomic mass is 9.85. The normalized spacial score (nSPS) is 23.9. The van der Waals surface area contributed by atoms with Gasteiger partial charge in [-0.25, -0.2) is 4.39 Å². The van der Waals surface area contributed by atoms with Crippen LogP contribution in [0.2, 0.25) is 0 Å². The highest BCUT2D eigenvalue weighted by molar-refractivity contribution is 9.10. The van der Waals surface area contributed by atoms with E-state index in [1.165, 1.54) is 6.07 Å². The highest BCUT2D eigenvalue weighted by Crippen LogP contribution is 2.37. The standard InChI is InChI=1S/C14H16BrF4N/c15-12-6-9(4-5-13(12)16)8-20-11-3-1-2-10(7-11)14(17,18)19/h4-6,10-11,20H,1-3,7-8H2. The lowest BCUT2D eigenvalue weighted by Gasteiger charge is -2.31. The molecule has 1 nitrogen and oxygen atoms in total. The second-order valence-electron chi connectivity index (χ2n) is 5.23. The van der Waals surface area contributed by atoms with Gasteiger partial charge in [-0.3, -0.25) is 0 Å². The van der Waals surface area contributed by atoms with Crippen molar-refractivity contribution in [2.45, 2.75) is 44.4 Å². The number of halogens is 5. The van der Waals surface area contributed by atoms with E-state index in [0.29, 0.717) is 17.4 Å². The summed E-state index contributed by atoms with van der Waals surface area (Å²) in [5.74, 6) is -1.54. The average Bonchev–Trinajstić information content (AvgIpc) is 2.39. The Morgan fingerprint density at radius 2 is 2.00 bits per heavy atom. The topological polar surface area (TPSA) is 12.0 Å². The number of hydrogen-bond donors (Lipinski definition) is 1. The molecule has 0 amide bonds. The molecule has 0 saturated heterocycles. The monoisotopic (exact) mass is 353 g/mol. The summed E-state index contributed by atoms with van der Waals surface area (Å²) in [5.41, 5.74) is 0.854. The van der Waals surface area contributed by atoms with Crippen LogP contribution in [0.5, 0.6) is 0 Å². The Hall–Kier alpha value is -0.620. The second kappa shape index (κ2) is 6.43. The summed E-state index contributed by atoms with van der Waals surface area (Å²) in [7, 11) is 0. The van der Waals surface area contributed by atoms with Gasteiger partial charge in [-0.1, -0.05) is 12.5 Å². The summed E-state index contributed by atoms with van der Waals surface area (Å²) in [5, 5.41) is 3.14. The van der Waals surface area contributed by atoms with Crippen LogP contribution < -0.4 is 5.32 Å². The molecule has 0 aromatic heterocycles. The van der Waals surface area contributed by atoms with Gasteiger partial charge >= 0.3 is 6.18 Å². The van der Waals surface area contributed by atoms with Crippen LogP contribution >= 0.6 is 15.9 Å². The third-order valence-corrected chi connectivity index (χ3v) is 4.32. The first-order chi connectivity index (χ1) is 9.36. The summed E-state index contributed by atoms with van der Waals surface area (Å²) in [6.07, 6.45) is -2.39. The molecule has 2 atom stereocenters. The van der Waals surface area contributed by atoms with Crippen molar-refractivity contribution < 1.29 is 17.6 Å². The summed E-state index contributed by atoms with van der Waals surface area (Å²) in [6.45, 7) is 0.453. The molecule has 1 aromatic rings.